The lowest BCUT2D eigenvalue weighted by Crippen LogP contribution is -2.43. The first-order chi connectivity index (χ1) is 7.20. The van der Waals surface area contributed by atoms with Gasteiger partial charge in [0.25, 0.3) is 0 Å². The van der Waals surface area contributed by atoms with Crippen molar-refractivity contribution in [2.45, 2.75) is 37.8 Å². The third kappa shape index (κ3) is 4.47. The molecule has 1 aliphatic heterocycles. The fourth-order valence-corrected chi connectivity index (χ4v) is 1.64. The summed E-state index contributed by atoms with van der Waals surface area (Å²) < 4.78 is 10.9. The number of likely N-dealkylation sites (N-methyl/N-ethyl adjacent to an activating group) is 1. The highest BCUT2D eigenvalue weighted by atomic mass is 16.5. The first-order valence-corrected chi connectivity index (χ1v) is 5.69. The minimum atomic E-state index is -0.171. The molecule has 1 saturated heterocycles. The van der Waals surface area contributed by atoms with Crippen molar-refractivity contribution in [2.75, 3.05) is 33.5 Å². The number of ether oxygens (including phenoxy) is 2. The molecule has 0 aromatic carbocycles. The van der Waals surface area contributed by atoms with E-state index in [0.717, 1.165) is 39.1 Å². The number of rotatable bonds is 7. The van der Waals surface area contributed by atoms with E-state index >= 15 is 0 Å². The molecule has 1 aliphatic rings. The van der Waals surface area contributed by atoms with Gasteiger partial charge in [-0.1, -0.05) is 0 Å². The zero-order valence-electron chi connectivity index (χ0n) is 9.79. The van der Waals surface area contributed by atoms with Crippen molar-refractivity contribution in [3.8, 4) is 0 Å². The lowest BCUT2D eigenvalue weighted by Gasteiger charge is -2.26. The first kappa shape index (κ1) is 12.9. The van der Waals surface area contributed by atoms with Crippen LogP contribution in [0.3, 0.4) is 0 Å². The summed E-state index contributed by atoms with van der Waals surface area (Å²) in [6, 6.07) is 0. The summed E-state index contributed by atoms with van der Waals surface area (Å²) in [7, 11) is 1.88. The zero-order valence-corrected chi connectivity index (χ0v) is 9.79. The van der Waals surface area contributed by atoms with Crippen LogP contribution >= 0.6 is 0 Å². The third-order valence-corrected chi connectivity index (χ3v) is 3.07. The van der Waals surface area contributed by atoms with E-state index in [4.69, 9.17) is 9.47 Å². The summed E-state index contributed by atoms with van der Waals surface area (Å²) in [5.41, 5.74) is -0.171. The molecule has 2 unspecified atom stereocenters. The highest BCUT2D eigenvalue weighted by Gasteiger charge is 2.20. The molecular weight excluding hydrogens is 194 g/mol. The number of hydrogen-bond acceptors (Lipinski definition) is 4. The van der Waals surface area contributed by atoms with Crippen LogP contribution in [0.1, 0.15) is 26.2 Å². The fraction of sp³-hybridized carbons (Fsp3) is 1.00. The Bertz CT molecular complexity index is 165. The average Bonchev–Trinajstić information content (AvgIpc) is 2.77. The van der Waals surface area contributed by atoms with Gasteiger partial charge in [-0.15, -0.1) is 0 Å². The van der Waals surface area contributed by atoms with Gasteiger partial charge >= 0.3 is 0 Å². The van der Waals surface area contributed by atoms with Gasteiger partial charge in [-0.3, -0.25) is 0 Å². The van der Waals surface area contributed by atoms with E-state index in [9.17, 15) is 5.11 Å². The summed E-state index contributed by atoms with van der Waals surface area (Å²) in [4.78, 5) is 0. The molecule has 1 rings (SSSR count). The molecule has 4 nitrogen and oxygen atoms in total. The van der Waals surface area contributed by atoms with E-state index in [1.807, 2.05) is 14.0 Å². The predicted molar refractivity (Wildman–Crippen MR) is 59.0 cm³/mol. The molecule has 4 heteroatoms. The quantitative estimate of drug-likeness (QED) is 0.611. The zero-order chi connectivity index (χ0) is 11.1. The standard InChI is InChI=1S/C11H23NO3/c1-11(9-13,12-2)5-3-6-15-10-4-7-14-8-10/h10,12-13H,3-9H2,1-2H3. The van der Waals surface area contributed by atoms with E-state index in [1.54, 1.807) is 0 Å². The molecule has 1 heterocycles. The molecular formula is C11H23NO3. The molecule has 0 aromatic rings. The molecule has 0 radical (unpaired) electrons. The Kier molecular flexibility index (Phi) is 5.53. The van der Waals surface area contributed by atoms with Crippen molar-refractivity contribution >= 4 is 0 Å². The van der Waals surface area contributed by atoms with Crippen LogP contribution in [0.5, 0.6) is 0 Å². The van der Waals surface area contributed by atoms with Crippen molar-refractivity contribution in [2.24, 2.45) is 0 Å². The van der Waals surface area contributed by atoms with Gasteiger partial charge < -0.3 is 19.9 Å². The maximum absolute atomic E-state index is 9.17. The fourth-order valence-electron chi connectivity index (χ4n) is 1.64. The van der Waals surface area contributed by atoms with Crippen molar-refractivity contribution < 1.29 is 14.6 Å². The molecule has 0 bridgehead atoms. The van der Waals surface area contributed by atoms with Crippen molar-refractivity contribution in [3.63, 3.8) is 0 Å². The number of aliphatic hydroxyl groups excluding tert-OH is 1. The highest BCUT2D eigenvalue weighted by Crippen LogP contribution is 2.13. The minimum absolute atomic E-state index is 0.163. The van der Waals surface area contributed by atoms with Gasteiger partial charge in [-0.2, -0.15) is 0 Å². The van der Waals surface area contributed by atoms with E-state index in [2.05, 4.69) is 5.32 Å². The van der Waals surface area contributed by atoms with Crippen LogP contribution in [0.4, 0.5) is 0 Å². The molecule has 2 N–H and O–H groups in total. The third-order valence-electron chi connectivity index (χ3n) is 3.07. The predicted octanol–water partition coefficient (Wildman–Crippen LogP) is 0.542. The largest absolute Gasteiger partial charge is 0.394 e. The first-order valence-electron chi connectivity index (χ1n) is 5.69. The van der Waals surface area contributed by atoms with Crippen LogP contribution in [-0.4, -0.2) is 50.2 Å². The van der Waals surface area contributed by atoms with Crippen molar-refractivity contribution in [3.05, 3.63) is 0 Å². The second-order valence-corrected chi connectivity index (χ2v) is 4.43. The Morgan fingerprint density at radius 2 is 2.40 bits per heavy atom. The molecule has 90 valence electrons. The highest BCUT2D eigenvalue weighted by molar-refractivity contribution is 4.80. The van der Waals surface area contributed by atoms with Gasteiger partial charge in [0.15, 0.2) is 0 Å². The minimum Gasteiger partial charge on any atom is -0.394 e. The maximum Gasteiger partial charge on any atom is 0.0830 e. The Hall–Kier alpha value is -0.160. The lowest BCUT2D eigenvalue weighted by molar-refractivity contribution is 0.0361. The molecule has 0 spiro atoms. The summed E-state index contributed by atoms with van der Waals surface area (Å²) in [5.74, 6) is 0. The van der Waals surface area contributed by atoms with E-state index < -0.39 is 0 Å². The maximum atomic E-state index is 9.17. The van der Waals surface area contributed by atoms with Crippen LogP contribution in [-0.2, 0) is 9.47 Å². The van der Waals surface area contributed by atoms with E-state index in [-0.39, 0.29) is 12.1 Å². The number of nitrogens with one attached hydrogen (secondary N) is 1. The molecule has 0 aliphatic carbocycles. The molecule has 0 saturated carbocycles. The van der Waals surface area contributed by atoms with Gasteiger partial charge in [0.05, 0.1) is 19.3 Å². The lowest BCUT2D eigenvalue weighted by atomic mass is 9.97. The number of hydrogen-bond donors (Lipinski definition) is 2. The molecule has 1 fully saturated rings. The summed E-state index contributed by atoms with van der Waals surface area (Å²) >= 11 is 0. The van der Waals surface area contributed by atoms with Gasteiger partial charge in [0.1, 0.15) is 0 Å². The van der Waals surface area contributed by atoms with Crippen LogP contribution in [0.25, 0.3) is 0 Å². The summed E-state index contributed by atoms with van der Waals surface area (Å²) in [5, 5.41) is 12.3. The molecule has 0 amide bonds. The normalized spacial score (nSPS) is 25.4. The monoisotopic (exact) mass is 217 g/mol. The number of aliphatic hydroxyl groups is 1. The molecule has 2 atom stereocenters. The van der Waals surface area contributed by atoms with Crippen molar-refractivity contribution in [1.82, 2.24) is 5.32 Å². The van der Waals surface area contributed by atoms with Gasteiger partial charge in [0.2, 0.25) is 0 Å². The van der Waals surface area contributed by atoms with Crippen LogP contribution < -0.4 is 5.32 Å². The van der Waals surface area contributed by atoms with Crippen LogP contribution in [0, 0.1) is 0 Å². The molecule has 15 heavy (non-hydrogen) atoms. The van der Waals surface area contributed by atoms with Crippen LogP contribution in [0.2, 0.25) is 0 Å². The Morgan fingerprint density at radius 1 is 1.60 bits per heavy atom. The Morgan fingerprint density at radius 3 is 2.93 bits per heavy atom. The SMILES string of the molecule is CNC(C)(CO)CCCOC1CCOC1. The van der Waals surface area contributed by atoms with Crippen molar-refractivity contribution in [1.29, 1.82) is 0 Å². The van der Waals surface area contributed by atoms with E-state index in [1.165, 1.54) is 0 Å². The Balaban J connectivity index is 2.04. The second kappa shape index (κ2) is 6.43. The van der Waals surface area contributed by atoms with Gasteiger partial charge in [0, 0.05) is 18.8 Å². The summed E-state index contributed by atoms with van der Waals surface area (Å²) in [6.07, 6.45) is 3.20. The topological polar surface area (TPSA) is 50.7 Å². The second-order valence-electron chi connectivity index (χ2n) is 4.43. The van der Waals surface area contributed by atoms with Gasteiger partial charge in [-0.05, 0) is 33.2 Å². The average molecular weight is 217 g/mol. The van der Waals surface area contributed by atoms with Gasteiger partial charge in [-0.25, -0.2) is 0 Å². The van der Waals surface area contributed by atoms with E-state index in [0.29, 0.717) is 6.10 Å². The van der Waals surface area contributed by atoms with Crippen LogP contribution in [0.15, 0.2) is 0 Å². The smallest absolute Gasteiger partial charge is 0.0830 e. The molecule has 0 aromatic heterocycles. The Labute approximate surface area is 92.0 Å². The summed E-state index contributed by atoms with van der Waals surface area (Å²) in [6.45, 7) is 4.51.